The van der Waals surface area contributed by atoms with Crippen molar-refractivity contribution in [1.82, 2.24) is 9.55 Å². The molecule has 0 amide bonds. The molecule has 3 nitrogen and oxygen atoms in total. The van der Waals surface area contributed by atoms with E-state index >= 15 is 0 Å². The molecule has 108 valence electrons. The Balaban J connectivity index is 2.04. The van der Waals surface area contributed by atoms with Gasteiger partial charge in [0.2, 0.25) is 5.95 Å². The second kappa shape index (κ2) is 6.07. The molecule has 20 heavy (non-hydrogen) atoms. The van der Waals surface area contributed by atoms with E-state index in [0.29, 0.717) is 6.04 Å². The van der Waals surface area contributed by atoms with Crippen molar-refractivity contribution in [3.05, 3.63) is 47.5 Å². The van der Waals surface area contributed by atoms with Gasteiger partial charge in [-0.3, -0.25) is 0 Å². The van der Waals surface area contributed by atoms with Gasteiger partial charge in [0.05, 0.1) is 5.69 Å². The normalized spacial score (nSPS) is 12.7. The number of nitrogens with zero attached hydrogens (tertiary/aromatic N) is 2. The zero-order chi connectivity index (χ0) is 14.7. The van der Waals surface area contributed by atoms with Gasteiger partial charge < -0.3 is 9.88 Å². The number of rotatable bonds is 5. The molecule has 0 saturated carbocycles. The number of benzene rings is 1. The van der Waals surface area contributed by atoms with E-state index in [1.54, 1.807) is 0 Å². The summed E-state index contributed by atoms with van der Waals surface area (Å²) in [6, 6.07) is 7.26. The van der Waals surface area contributed by atoms with Gasteiger partial charge in [0.1, 0.15) is 5.82 Å². The molecular weight excluding hydrogens is 253 g/mol. The molecule has 1 N–H and O–H groups in total. The molecule has 4 heteroatoms. The highest BCUT2D eigenvalue weighted by atomic mass is 19.1. The van der Waals surface area contributed by atoms with Crippen molar-refractivity contribution in [2.24, 2.45) is 0 Å². The van der Waals surface area contributed by atoms with E-state index in [1.165, 1.54) is 12.1 Å². The summed E-state index contributed by atoms with van der Waals surface area (Å²) in [4.78, 5) is 4.52. The van der Waals surface area contributed by atoms with Crippen LogP contribution in [0.4, 0.5) is 10.3 Å². The monoisotopic (exact) mass is 275 g/mol. The van der Waals surface area contributed by atoms with Crippen LogP contribution in [0.15, 0.2) is 30.5 Å². The second-order valence-corrected chi connectivity index (χ2v) is 5.58. The molecule has 0 bridgehead atoms. The minimum atomic E-state index is -0.194. The average molecular weight is 275 g/mol. The first-order valence-electron chi connectivity index (χ1n) is 7.02. The molecule has 1 aromatic carbocycles. The average Bonchev–Trinajstić information content (AvgIpc) is 2.73. The van der Waals surface area contributed by atoms with E-state index in [9.17, 15) is 4.39 Å². The Morgan fingerprint density at radius 2 is 1.85 bits per heavy atom. The van der Waals surface area contributed by atoms with Crippen molar-refractivity contribution in [2.45, 2.75) is 46.2 Å². The largest absolute Gasteiger partial charge is 0.353 e. The lowest BCUT2D eigenvalue weighted by Crippen LogP contribution is -2.21. The van der Waals surface area contributed by atoms with Crippen LogP contribution in [0.3, 0.4) is 0 Å². The molecule has 0 aliphatic carbocycles. The minimum Gasteiger partial charge on any atom is -0.353 e. The Morgan fingerprint density at radius 1 is 1.20 bits per heavy atom. The summed E-state index contributed by atoms with van der Waals surface area (Å²) in [5, 5.41) is 3.43. The molecule has 1 heterocycles. The molecule has 2 rings (SSSR count). The maximum absolute atomic E-state index is 12.9. The third kappa shape index (κ3) is 3.59. The molecule has 0 fully saturated rings. The number of hydrogen-bond acceptors (Lipinski definition) is 2. The summed E-state index contributed by atoms with van der Waals surface area (Å²) in [7, 11) is 0. The van der Waals surface area contributed by atoms with Gasteiger partial charge in [-0.1, -0.05) is 12.1 Å². The smallest absolute Gasteiger partial charge is 0.203 e. The Morgan fingerprint density at radius 3 is 2.45 bits per heavy atom. The van der Waals surface area contributed by atoms with E-state index in [0.717, 1.165) is 23.6 Å². The fourth-order valence-electron chi connectivity index (χ4n) is 2.26. The van der Waals surface area contributed by atoms with Crippen LogP contribution in [-0.2, 0) is 6.42 Å². The van der Waals surface area contributed by atoms with Crippen molar-refractivity contribution in [3.63, 3.8) is 0 Å². The zero-order valence-corrected chi connectivity index (χ0v) is 12.5. The van der Waals surface area contributed by atoms with E-state index in [1.807, 2.05) is 19.1 Å². The first-order valence-corrected chi connectivity index (χ1v) is 7.02. The Kier molecular flexibility index (Phi) is 4.42. The third-order valence-corrected chi connectivity index (χ3v) is 3.24. The number of aryl methyl sites for hydroxylation is 1. The number of imidazole rings is 1. The van der Waals surface area contributed by atoms with E-state index in [2.05, 4.69) is 41.8 Å². The minimum absolute atomic E-state index is 0.194. The number of halogens is 1. The highest BCUT2D eigenvalue weighted by molar-refractivity contribution is 5.31. The van der Waals surface area contributed by atoms with Crippen LogP contribution in [0, 0.1) is 12.7 Å². The second-order valence-electron chi connectivity index (χ2n) is 5.58. The lowest BCUT2D eigenvalue weighted by Gasteiger charge is -2.18. The van der Waals surface area contributed by atoms with Gasteiger partial charge in [-0.05, 0) is 51.8 Å². The first-order chi connectivity index (χ1) is 9.45. The maximum atomic E-state index is 12.9. The summed E-state index contributed by atoms with van der Waals surface area (Å²) in [5.41, 5.74) is 2.13. The van der Waals surface area contributed by atoms with E-state index in [4.69, 9.17) is 0 Å². The Bertz CT molecular complexity index is 558. The number of hydrogen-bond donors (Lipinski definition) is 1. The zero-order valence-electron chi connectivity index (χ0n) is 12.5. The topological polar surface area (TPSA) is 29.9 Å². The molecule has 0 saturated heterocycles. The predicted octanol–water partition coefficient (Wildman–Crippen LogP) is 3.95. The van der Waals surface area contributed by atoms with Crippen molar-refractivity contribution < 1.29 is 4.39 Å². The fourth-order valence-corrected chi connectivity index (χ4v) is 2.26. The number of nitrogens with one attached hydrogen (secondary N) is 1. The molecule has 0 aliphatic rings. The van der Waals surface area contributed by atoms with Crippen LogP contribution >= 0.6 is 0 Å². The van der Waals surface area contributed by atoms with Crippen molar-refractivity contribution in [2.75, 3.05) is 5.32 Å². The Hall–Kier alpha value is -1.84. The van der Waals surface area contributed by atoms with Crippen molar-refractivity contribution in [1.29, 1.82) is 0 Å². The van der Waals surface area contributed by atoms with Crippen molar-refractivity contribution in [3.8, 4) is 0 Å². The van der Waals surface area contributed by atoms with Gasteiger partial charge in [0, 0.05) is 18.3 Å². The SMILES string of the molecule is Cc1cn(C(C)C)c(NC(C)Cc2ccc(F)cc2)n1. The maximum Gasteiger partial charge on any atom is 0.203 e. The third-order valence-electron chi connectivity index (χ3n) is 3.24. The fraction of sp³-hybridized carbons (Fsp3) is 0.438. The molecule has 1 atom stereocenters. The number of anilines is 1. The highest BCUT2D eigenvalue weighted by Gasteiger charge is 2.11. The van der Waals surface area contributed by atoms with Gasteiger partial charge in [-0.2, -0.15) is 0 Å². The van der Waals surface area contributed by atoms with Crippen LogP contribution in [0.2, 0.25) is 0 Å². The van der Waals surface area contributed by atoms with Gasteiger partial charge >= 0.3 is 0 Å². The lowest BCUT2D eigenvalue weighted by atomic mass is 10.1. The summed E-state index contributed by atoms with van der Waals surface area (Å²) in [6.07, 6.45) is 2.89. The van der Waals surface area contributed by atoms with Crippen LogP contribution in [-0.4, -0.2) is 15.6 Å². The quantitative estimate of drug-likeness (QED) is 0.895. The summed E-state index contributed by atoms with van der Waals surface area (Å²) in [5.74, 6) is 0.701. The molecular formula is C16H22FN3. The van der Waals surface area contributed by atoms with Crippen molar-refractivity contribution >= 4 is 5.95 Å². The summed E-state index contributed by atoms with van der Waals surface area (Å²) < 4.78 is 15.0. The van der Waals surface area contributed by atoms with Crippen LogP contribution in [0.25, 0.3) is 0 Å². The molecule has 0 radical (unpaired) electrons. The lowest BCUT2D eigenvalue weighted by molar-refractivity contribution is 0.598. The molecule has 0 aliphatic heterocycles. The van der Waals surface area contributed by atoms with Crippen LogP contribution in [0.1, 0.15) is 38.1 Å². The first kappa shape index (κ1) is 14.6. The van der Waals surface area contributed by atoms with E-state index < -0.39 is 0 Å². The van der Waals surface area contributed by atoms with Gasteiger partial charge in [0.15, 0.2) is 0 Å². The van der Waals surface area contributed by atoms with E-state index in [-0.39, 0.29) is 11.9 Å². The van der Waals surface area contributed by atoms with Crippen LogP contribution < -0.4 is 5.32 Å². The standard InChI is InChI=1S/C16H22FN3/c1-11(2)20-10-13(4)19-16(20)18-12(3)9-14-5-7-15(17)8-6-14/h5-8,10-12H,9H2,1-4H3,(H,18,19). The van der Waals surface area contributed by atoms with Gasteiger partial charge in [-0.15, -0.1) is 0 Å². The molecule has 1 aromatic heterocycles. The summed E-state index contributed by atoms with van der Waals surface area (Å²) in [6.45, 7) is 8.38. The predicted molar refractivity (Wildman–Crippen MR) is 80.5 cm³/mol. The highest BCUT2D eigenvalue weighted by Crippen LogP contribution is 2.17. The van der Waals surface area contributed by atoms with Crippen LogP contribution in [0.5, 0.6) is 0 Å². The number of aromatic nitrogens is 2. The van der Waals surface area contributed by atoms with Gasteiger partial charge in [0.25, 0.3) is 0 Å². The molecule has 0 spiro atoms. The Labute approximate surface area is 119 Å². The van der Waals surface area contributed by atoms with Gasteiger partial charge in [-0.25, -0.2) is 9.37 Å². The molecule has 2 aromatic rings. The molecule has 1 unspecified atom stereocenters. The summed E-state index contributed by atoms with van der Waals surface area (Å²) >= 11 is 0.